The van der Waals surface area contributed by atoms with E-state index >= 15 is 0 Å². The predicted octanol–water partition coefficient (Wildman–Crippen LogP) is 1.33. The number of nitrogens with zero attached hydrogens (tertiary/aromatic N) is 1. The molecule has 1 aromatic rings. The molecule has 96 valence electrons. The van der Waals surface area contributed by atoms with Gasteiger partial charge in [-0.15, -0.1) is 0 Å². The maximum absolute atomic E-state index is 12.0. The topological polar surface area (TPSA) is 44.4 Å². The first-order chi connectivity index (χ1) is 8.80. The molecule has 1 spiro atoms. The van der Waals surface area contributed by atoms with E-state index in [1.807, 2.05) is 23.1 Å². The first-order valence-corrected chi connectivity index (χ1v) is 6.60. The molecule has 2 amide bonds. The molecule has 2 aliphatic rings. The average Bonchev–Trinajstić information content (AvgIpc) is 2.71. The molecule has 0 aromatic heterocycles. The molecule has 0 radical (unpaired) electrons. The van der Waals surface area contributed by atoms with Crippen LogP contribution in [0.15, 0.2) is 30.3 Å². The van der Waals surface area contributed by atoms with Crippen LogP contribution < -0.4 is 10.6 Å². The average molecular weight is 245 g/mol. The van der Waals surface area contributed by atoms with Gasteiger partial charge in [0.1, 0.15) is 0 Å². The molecule has 1 aromatic carbocycles. The Morgan fingerprint density at radius 1 is 1.22 bits per heavy atom. The highest BCUT2D eigenvalue weighted by atomic mass is 16.2. The van der Waals surface area contributed by atoms with Crippen molar-refractivity contribution in [2.75, 3.05) is 19.6 Å². The van der Waals surface area contributed by atoms with Crippen LogP contribution in [0, 0.1) is 0 Å². The van der Waals surface area contributed by atoms with E-state index in [0.717, 1.165) is 32.5 Å². The monoisotopic (exact) mass is 245 g/mol. The zero-order chi connectivity index (χ0) is 12.4. The first-order valence-electron chi connectivity index (χ1n) is 6.60. The van der Waals surface area contributed by atoms with Crippen molar-refractivity contribution in [2.24, 2.45) is 0 Å². The number of piperidine rings is 1. The second-order valence-corrected chi connectivity index (χ2v) is 5.24. The Kier molecular flexibility index (Phi) is 2.96. The molecule has 1 unspecified atom stereocenters. The van der Waals surface area contributed by atoms with Crippen LogP contribution in [0.5, 0.6) is 0 Å². The van der Waals surface area contributed by atoms with E-state index < -0.39 is 0 Å². The third-order valence-electron chi connectivity index (χ3n) is 4.02. The molecule has 2 fully saturated rings. The number of nitrogens with one attached hydrogen (secondary N) is 2. The van der Waals surface area contributed by atoms with Gasteiger partial charge in [-0.2, -0.15) is 0 Å². The molecule has 3 rings (SSSR count). The lowest BCUT2D eigenvalue weighted by Crippen LogP contribution is -2.56. The summed E-state index contributed by atoms with van der Waals surface area (Å²) in [5, 5.41) is 6.42. The van der Waals surface area contributed by atoms with Crippen molar-refractivity contribution in [3.8, 4) is 0 Å². The molecule has 2 N–H and O–H groups in total. The number of urea groups is 1. The smallest absolute Gasteiger partial charge is 0.318 e. The number of carbonyl (C=O) groups excluding carboxylic acids is 1. The van der Waals surface area contributed by atoms with Crippen molar-refractivity contribution >= 4 is 6.03 Å². The van der Waals surface area contributed by atoms with Crippen LogP contribution in [0.25, 0.3) is 0 Å². The largest absolute Gasteiger partial charge is 0.336 e. The molecular weight excluding hydrogens is 226 g/mol. The van der Waals surface area contributed by atoms with Gasteiger partial charge in [-0.3, -0.25) is 0 Å². The summed E-state index contributed by atoms with van der Waals surface area (Å²) in [6, 6.07) is 10.3. The van der Waals surface area contributed by atoms with Gasteiger partial charge in [-0.1, -0.05) is 30.3 Å². The fourth-order valence-electron chi connectivity index (χ4n) is 2.99. The van der Waals surface area contributed by atoms with Gasteiger partial charge in [-0.05, 0) is 24.9 Å². The second kappa shape index (κ2) is 4.61. The van der Waals surface area contributed by atoms with E-state index in [2.05, 4.69) is 22.8 Å². The Morgan fingerprint density at radius 3 is 2.78 bits per heavy atom. The summed E-state index contributed by atoms with van der Waals surface area (Å²) >= 11 is 0. The number of amides is 2. The second-order valence-electron chi connectivity index (χ2n) is 5.24. The number of carbonyl (C=O) groups is 1. The van der Waals surface area contributed by atoms with Crippen LogP contribution in [0.4, 0.5) is 4.79 Å². The molecular formula is C14H19N3O. The maximum Gasteiger partial charge on any atom is 0.318 e. The van der Waals surface area contributed by atoms with Crippen LogP contribution in [0.3, 0.4) is 0 Å². The molecule has 2 heterocycles. The van der Waals surface area contributed by atoms with E-state index in [1.165, 1.54) is 5.56 Å². The number of rotatable bonds is 2. The highest BCUT2D eigenvalue weighted by Crippen LogP contribution is 2.29. The predicted molar refractivity (Wildman–Crippen MR) is 70.2 cm³/mol. The number of hydrogen-bond donors (Lipinski definition) is 2. The molecule has 1 atom stereocenters. The van der Waals surface area contributed by atoms with Gasteiger partial charge in [-0.25, -0.2) is 4.79 Å². The number of hydrogen-bond acceptors (Lipinski definition) is 2. The summed E-state index contributed by atoms with van der Waals surface area (Å²) in [6.45, 7) is 3.44. The highest BCUT2D eigenvalue weighted by Gasteiger charge is 2.45. The summed E-state index contributed by atoms with van der Waals surface area (Å²) in [4.78, 5) is 14.0. The zero-order valence-electron chi connectivity index (χ0n) is 10.5. The Labute approximate surface area is 107 Å². The minimum atomic E-state index is -0.0226. The third kappa shape index (κ3) is 1.97. The van der Waals surface area contributed by atoms with E-state index in [4.69, 9.17) is 0 Å². The Hall–Kier alpha value is -1.55. The summed E-state index contributed by atoms with van der Waals surface area (Å²) in [7, 11) is 0. The van der Waals surface area contributed by atoms with Crippen molar-refractivity contribution in [3.63, 3.8) is 0 Å². The third-order valence-corrected chi connectivity index (χ3v) is 4.02. The van der Waals surface area contributed by atoms with Crippen LogP contribution in [-0.4, -0.2) is 36.1 Å². The Morgan fingerprint density at radius 2 is 2.06 bits per heavy atom. The van der Waals surface area contributed by atoms with Crippen molar-refractivity contribution in [2.45, 2.75) is 24.9 Å². The highest BCUT2D eigenvalue weighted by molar-refractivity contribution is 5.78. The molecule has 4 heteroatoms. The lowest BCUT2D eigenvalue weighted by atomic mass is 9.89. The minimum absolute atomic E-state index is 0.0226. The van der Waals surface area contributed by atoms with Crippen LogP contribution in [-0.2, 0) is 6.54 Å². The molecule has 18 heavy (non-hydrogen) atoms. The summed E-state index contributed by atoms with van der Waals surface area (Å²) in [5.41, 5.74) is 1.17. The SMILES string of the molecule is O=C1NCC2(CCCNC2)N1Cc1ccccc1. The summed E-state index contributed by atoms with van der Waals surface area (Å²) in [6.07, 6.45) is 2.23. The Balaban J connectivity index is 1.81. The van der Waals surface area contributed by atoms with E-state index in [1.54, 1.807) is 0 Å². The van der Waals surface area contributed by atoms with E-state index in [9.17, 15) is 4.79 Å². The van der Waals surface area contributed by atoms with Gasteiger partial charge in [0.2, 0.25) is 0 Å². The lowest BCUT2D eigenvalue weighted by molar-refractivity contribution is 0.124. The van der Waals surface area contributed by atoms with Gasteiger partial charge in [0.05, 0.1) is 5.54 Å². The maximum atomic E-state index is 12.0. The minimum Gasteiger partial charge on any atom is -0.336 e. The van der Waals surface area contributed by atoms with Crippen molar-refractivity contribution in [1.29, 1.82) is 0 Å². The van der Waals surface area contributed by atoms with Crippen LogP contribution >= 0.6 is 0 Å². The molecule has 2 aliphatic heterocycles. The van der Waals surface area contributed by atoms with Crippen LogP contribution in [0.2, 0.25) is 0 Å². The molecule has 0 saturated carbocycles. The van der Waals surface area contributed by atoms with Crippen LogP contribution in [0.1, 0.15) is 18.4 Å². The fraction of sp³-hybridized carbons (Fsp3) is 0.500. The normalized spacial score (nSPS) is 27.6. The van der Waals surface area contributed by atoms with Gasteiger partial charge in [0.15, 0.2) is 0 Å². The molecule has 4 nitrogen and oxygen atoms in total. The molecule has 0 aliphatic carbocycles. The molecule has 0 bridgehead atoms. The number of benzene rings is 1. The van der Waals surface area contributed by atoms with Crippen molar-refractivity contribution < 1.29 is 4.79 Å². The molecule has 2 saturated heterocycles. The van der Waals surface area contributed by atoms with Gasteiger partial charge < -0.3 is 15.5 Å². The van der Waals surface area contributed by atoms with Gasteiger partial charge in [0, 0.05) is 19.6 Å². The van der Waals surface area contributed by atoms with Gasteiger partial charge in [0.25, 0.3) is 0 Å². The Bertz CT molecular complexity index is 426. The van der Waals surface area contributed by atoms with Gasteiger partial charge >= 0.3 is 6.03 Å². The quantitative estimate of drug-likeness (QED) is 0.825. The first kappa shape index (κ1) is 11.5. The zero-order valence-corrected chi connectivity index (χ0v) is 10.5. The van der Waals surface area contributed by atoms with E-state index in [0.29, 0.717) is 6.54 Å². The summed E-state index contributed by atoms with van der Waals surface area (Å²) < 4.78 is 0. The van der Waals surface area contributed by atoms with Crippen molar-refractivity contribution in [3.05, 3.63) is 35.9 Å². The van der Waals surface area contributed by atoms with Crippen molar-refractivity contribution in [1.82, 2.24) is 15.5 Å². The fourth-order valence-corrected chi connectivity index (χ4v) is 2.99. The standard InChI is InChI=1S/C14H19N3O/c18-13-16-11-14(7-4-8-15-10-14)17(13)9-12-5-2-1-3-6-12/h1-3,5-6,15H,4,7-11H2,(H,16,18). The van der Waals surface area contributed by atoms with E-state index in [-0.39, 0.29) is 11.6 Å². The lowest BCUT2D eigenvalue weighted by Gasteiger charge is -2.40. The summed E-state index contributed by atoms with van der Waals surface area (Å²) in [5.74, 6) is 0.